The summed E-state index contributed by atoms with van der Waals surface area (Å²) in [4.78, 5) is 31.0. The van der Waals surface area contributed by atoms with E-state index in [1.165, 1.54) is 12.1 Å². The number of nitro benzene ring substituents is 1. The van der Waals surface area contributed by atoms with E-state index in [0.717, 1.165) is 11.0 Å². The van der Waals surface area contributed by atoms with Gasteiger partial charge in [-0.3, -0.25) is 19.9 Å². The second-order valence-corrected chi connectivity index (χ2v) is 5.22. The molecule has 124 valence electrons. The minimum Gasteiger partial charge on any atom is -0.348 e. The van der Waals surface area contributed by atoms with E-state index in [2.05, 4.69) is 15.3 Å². The summed E-state index contributed by atoms with van der Waals surface area (Å²) >= 11 is 0. The number of nitrogens with zero attached hydrogens (tertiary/aromatic N) is 3. The summed E-state index contributed by atoms with van der Waals surface area (Å²) < 4.78 is 0. The van der Waals surface area contributed by atoms with Crippen molar-refractivity contribution in [2.45, 2.75) is 6.54 Å². The number of carbonyl (C=O) groups excluding carboxylic acids is 1. The third-order valence-corrected chi connectivity index (χ3v) is 3.51. The van der Waals surface area contributed by atoms with Crippen LogP contribution in [-0.2, 0) is 11.3 Å². The van der Waals surface area contributed by atoms with Crippen LogP contribution in [0.3, 0.4) is 0 Å². The zero-order chi connectivity index (χ0) is 17.6. The summed E-state index contributed by atoms with van der Waals surface area (Å²) in [5, 5.41) is 13.6. The van der Waals surface area contributed by atoms with Crippen LogP contribution in [0.15, 0.2) is 60.8 Å². The Hall–Kier alpha value is -3.61. The quantitative estimate of drug-likeness (QED) is 0.439. The lowest BCUT2D eigenvalue weighted by Crippen LogP contribution is -2.20. The van der Waals surface area contributed by atoms with Crippen LogP contribution >= 0.6 is 0 Å². The maximum absolute atomic E-state index is 11.9. The van der Waals surface area contributed by atoms with Gasteiger partial charge in [-0.15, -0.1) is 0 Å². The molecule has 0 aliphatic rings. The fraction of sp³-hybridized carbons (Fsp3) is 0.0556. The third-order valence-electron chi connectivity index (χ3n) is 3.51. The van der Waals surface area contributed by atoms with Gasteiger partial charge in [0.2, 0.25) is 5.91 Å². The summed E-state index contributed by atoms with van der Waals surface area (Å²) in [5.41, 5.74) is 2.50. The highest BCUT2D eigenvalue weighted by Crippen LogP contribution is 2.17. The average Bonchev–Trinajstić information content (AvgIpc) is 2.64. The van der Waals surface area contributed by atoms with Gasteiger partial charge in [0.15, 0.2) is 0 Å². The zero-order valence-corrected chi connectivity index (χ0v) is 13.1. The summed E-state index contributed by atoms with van der Waals surface area (Å²) in [6.45, 7) is 0.0731. The van der Waals surface area contributed by atoms with Gasteiger partial charge in [0.05, 0.1) is 27.8 Å². The molecule has 3 rings (SSSR count). The smallest absolute Gasteiger partial charge is 0.274 e. The Morgan fingerprint density at radius 3 is 2.64 bits per heavy atom. The normalized spacial score (nSPS) is 10.9. The molecule has 0 radical (unpaired) electrons. The number of rotatable bonds is 5. The molecule has 0 atom stereocenters. The van der Waals surface area contributed by atoms with Crippen LogP contribution < -0.4 is 5.32 Å². The molecule has 0 bridgehead atoms. The van der Waals surface area contributed by atoms with Gasteiger partial charge in [-0.05, 0) is 18.2 Å². The lowest BCUT2D eigenvalue weighted by Gasteiger charge is -2.03. The van der Waals surface area contributed by atoms with Crippen molar-refractivity contribution < 1.29 is 9.72 Å². The molecule has 7 nitrogen and oxygen atoms in total. The van der Waals surface area contributed by atoms with E-state index in [-0.39, 0.29) is 18.1 Å². The number of aromatic nitrogens is 2. The van der Waals surface area contributed by atoms with Crippen LogP contribution in [0.2, 0.25) is 0 Å². The van der Waals surface area contributed by atoms with Crippen LogP contribution in [-0.4, -0.2) is 20.8 Å². The van der Waals surface area contributed by atoms with Gasteiger partial charge in [0, 0.05) is 24.3 Å². The third kappa shape index (κ3) is 4.03. The molecule has 25 heavy (non-hydrogen) atoms. The van der Waals surface area contributed by atoms with Crippen LogP contribution in [0.4, 0.5) is 5.69 Å². The van der Waals surface area contributed by atoms with E-state index < -0.39 is 4.92 Å². The maximum atomic E-state index is 11.9. The number of nitro groups is 1. The van der Waals surface area contributed by atoms with Crippen molar-refractivity contribution in [1.29, 1.82) is 0 Å². The van der Waals surface area contributed by atoms with Gasteiger partial charge in [-0.1, -0.05) is 30.3 Å². The molecule has 3 aromatic rings. The fourth-order valence-electron chi connectivity index (χ4n) is 2.29. The lowest BCUT2D eigenvalue weighted by molar-refractivity contribution is -0.385. The van der Waals surface area contributed by atoms with E-state index in [9.17, 15) is 14.9 Å². The maximum Gasteiger partial charge on any atom is 0.274 e. The van der Waals surface area contributed by atoms with Crippen molar-refractivity contribution in [3.05, 3.63) is 82.2 Å². The van der Waals surface area contributed by atoms with Crippen LogP contribution in [0.25, 0.3) is 17.1 Å². The molecule has 0 aliphatic carbocycles. The van der Waals surface area contributed by atoms with Crippen LogP contribution in [0.1, 0.15) is 11.3 Å². The van der Waals surface area contributed by atoms with Crippen molar-refractivity contribution in [2.24, 2.45) is 0 Å². The monoisotopic (exact) mass is 334 g/mol. The lowest BCUT2D eigenvalue weighted by atomic mass is 10.2. The summed E-state index contributed by atoms with van der Waals surface area (Å²) in [6, 6.07) is 13.7. The van der Waals surface area contributed by atoms with Crippen LogP contribution in [0, 0.1) is 10.1 Å². The molecular weight excluding hydrogens is 320 g/mol. The first-order valence-electron chi connectivity index (χ1n) is 7.53. The molecule has 0 aliphatic heterocycles. The Kier molecular flexibility index (Phi) is 4.75. The molecular formula is C18H14N4O3. The number of fused-ring (bicyclic) bond motifs is 1. The second kappa shape index (κ2) is 7.31. The minimum atomic E-state index is -0.470. The van der Waals surface area contributed by atoms with Crippen molar-refractivity contribution >= 4 is 28.7 Å². The van der Waals surface area contributed by atoms with E-state index in [0.29, 0.717) is 11.3 Å². The summed E-state index contributed by atoms with van der Waals surface area (Å²) in [6.07, 6.45) is 4.45. The molecule has 2 aromatic carbocycles. The van der Waals surface area contributed by atoms with Gasteiger partial charge in [0.25, 0.3) is 5.69 Å². The molecule has 1 N–H and O–H groups in total. The number of amides is 1. The van der Waals surface area contributed by atoms with E-state index >= 15 is 0 Å². The molecule has 1 amide bonds. The topological polar surface area (TPSA) is 98.0 Å². The standard InChI is InChI=1S/C18H14N4O3/c23-18(20-11-13-5-1-4-8-17(13)22(24)25)10-9-14-12-19-15-6-2-3-7-16(15)21-14/h1-10,12H,11H2,(H,20,23)/b10-9+. The molecule has 7 heteroatoms. The van der Waals surface area contributed by atoms with Crippen molar-refractivity contribution in [2.75, 3.05) is 0 Å². The number of carbonyl (C=O) groups is 1. The number of benzene rings is 2. The fourth-order valence-corrected chi connectivity index (χ4v) is 2.29. The Morgan fingerprint density at radius 1 is 1.12 bits per heavy atom. The average molecular weight is 334 g/mol. The van der Waals surface area contributed by atoms with Gasteiger partial charge >= 0.3 is 0 Å². The largest absolute Gasteiger partial charge is 0.348 e. The molecule has 1 aromatic heterocycles. The van der Waals surface area contributed by atoms with Gasteiger partial charge in [-0.2, -0.15) is 0 Å². The van der Waals surface area contributed by atoms with E-state index in [1.54, 1.807) is 30.5 Å². The van der Waals surface area contributed by atoms with E-state index in [1.807, 2.05) is 24.3 Å². The first kappa shape index (κ1) is 16.3. The van der Waals surface area contributed by atoms with Crippen LogP contribution in [0.5, 0.6) is 0 Å². The number of para-hydroxylation sites is 3. The predicted octanol–water partition coefficient (Wildman–Crippen LogP) is 2.87. The van der Waals surface area contributed by atoms with Crippen molar-refractivity contribution in [3.8, 4) is 0 Å². The number of hydrogen-bond acceptors (Lipinski definition) is 5. The minimum absolute atomic E-state index is 0.0211. The molecule has 0 saturated heterocycles. The Labute approximate surface area is 143 Å². The predicted molar refractivity (Wildman–Crippen MR) is 93.5 cm³/mol. The molecule has 0 fully saturated rings. The van der Waals surface area contributed by atoms with Crippen molar-refractivity contribution in [1.82, 2.24) is 15.3 Å². The van der Waals surface area contributed by atoms with Gasteiger partial charge in [-0.25, -0.2) is 4.98 Å². The van der Waals surface area contributed by atoms with Crippen molar-refractivity contribution in [3.63, 3.8) is 0 Å². The number of hydrogen-bond donors (Lipinski definition) is 1. The van der Waals surface area contributed by atoms with Gasteiger partial charge < -0.3 is 5.32 Å². The highest BCUT2D eigenvalue weighted by molar-refractivity contribution is 5.91. The molecule has 1 heterocycles. The SMILES string of the molecule is O=C(/C=C/c1cnc2ccccc2n1)NCc1ccccc1[N+](=O)[O-]. The van der Waals surface area contributed by atoms with E-state index in [4.69, 9.17) is 0 Å². The summed E-state index contributed by atoms with van der Waals surface area (Å²) in [5.74, 6) is -0.367. The Balaban J connectivity index is 1.66. The number of nitrogens with one attached hydrogen (secondary N) is 1. The Bertz CT molecular complexity index is 969. The van der Waals surface area contributed by atoms with Gasteiger partial charge in [0.1, 0.15) is 0 Å². The zero-order valence-electron chi connectivity index (χ0n) is 13.1. The molecule has 0 spiro atoms. The highest BCUT2D eigenvalue weighted by Gasteiger charge is 2.12. The summed E-state index contributed by atoms with van der Waals surface area (Å²) in [7, 11) is 0. The molecule has 0 unspecified atom stereocenters. The molecule has 0 saturated carbocycles. The first-order chi connectivity index (χ1) is 12.1. The second-order valence-electron chi connectivity index (χ2n) is 5.22. The Morgan fingerprint density at radius 2 is 1.84 bits per heavy atom. The first-order valence-corrected chi connectivity index (χ1v) is 7.53. The highest BCUT2D eigenvalue weighted by atomic mass is 16.6.